The zero-order valence-electron chi connectivity index (χ0n) is 14.9. The highest BCUT2D eigenvalue weighted by molar-refractivity contribution is 6.88. The molecule has 2 rings (SSSR count). The molecule has 1 aliphatic rings. The first-order valence-corrected chi connectivity index (χ1v) is 7.98. The summed E-state index contributed by atoms with van der Waals surface area (Å²) < 4.78 is 0. The first kappa shape index (κ1) is 18.8. The molecule has 1 aromatic rings. The summed E-state index contributed by atoms with van der Waals surface area (Å²) in [6, 6.07) is 8.79. The van der Waals surface area contributed by atoms with E-state index in [0.717, 1.165) is 0 Å². The van der Waals surface area contributed by atoms with Crippen LogP contribution in [0.25, 0.3) is 0 Å². The van der Waals surface area contributed by atoms with Gasteiger partial charge in [0.05, 0.1) is 0 Å². The van der Waals surface area contributed by atoms with Crippen LogP contribution in [0.2, 0.25) is 0 Å². The second-order valence-corrected chi connectivity index (χ2v) is 5.71. The quantitative estimate of drug-likeness (QED) is 0.389. The maximum Gasteiger partial charge on any atom is 0.241 e. The Balaban J connectivity index is 0.000000816. The Hall–Kier alpha value is -2.28. The summed E-state index contributed by atoms with van der Waals surface area (Å²) in [6.45, 7) is 19.8. The van der Waals surface area contributed by atoms with Gasteiger partial charge in [0.15, 0.2) is 0 Å². The fraction of sp³-hybridized carbons (Fsp3) is 0.182. The van der Waals surface area contributed by atoms with Gasteiger partial charge in [0.2, 0.25) is 6.71 Å². The molecular weight excluding hydrogens is 275 g/mol. The molecule has 0 bridgehead atoms. The number of hydrogen-bond donors (Lipinski definition) is 0. The van der Waals surface area contributed by atoms with E-state index in [2.05, 4.69) is 70.8 Å². The SMILES string of the molecule is C=C/C=C\C1=C(C)C(C)=C(C=C)B1c1ccc(C)cc1.C=CC. The van der Waals surface area contributed by atoms with Gasteiger partial charge in [0, 0.05) is 0 Å². The molecule has 0 unspecified atom stereocenters. The maximum absolute atomic E-state index is 4.01. The predicted octanol–water partition coefficient (Wildman–Crippen LogP) is 5.54. The first-order valence-electron chi connectivity index (χ1n) is 7.98. The zero-order chi connectivity index (χ0) is 17.4. The van der Waals surface area contributed by atoms with Crippen molar-refractivity contribution < 1.29 is 0 Å². The smallest absolute Gasteiger partial charge is 0.103 e. The summed E-state index contributed by atoms with van der Waals surface area (Å²) in [7, 11) is 0. The molecule has 0 fully saturated rings. The summed E-state index contributed by atoms with van der Waals surface area (Å²) in [5, 5.41) is 0. The van der Waals surface area contributed by atoms with Crippen molar-refractivity contribution in [3.8, 4) is 0 Å². The fourth-order valence-electron chi connectivity index (χ4n) is 2.82. The van der Waals surface area contributed by atoms with Crippen LogP contribution in [0.1, 0.15) is 26.3 Å². The second kappa shape index (κ2) is 9.00. The topological polar surface area (TPSA) is 0 Å². The van der Waals surface area contributed by atoms with Gasteiger partial charge in [-0.3, -0.25) is 0 Å². The van der Waals surface area contributed by atoms with Crippen LogP contribution in [-0.2, 0) is 0 Å². The third-order valence-corrected chi connectivity index (χ3v) is 4.09. The molecular formula is C22H27B. The van der Waals surface area contributed by atoms with E-state index in [0.29, 0.717) is 6.71 Å². The van der Waals surface area contributed by atoms with Crippen molar-refractivity contribution in [2.24, 2.45) is 0 Å². The Morgan fingerprint density at radius 3 is 1.87 bits per heavy atom. The third-order valence-electron chi connectivity index (χ3n) is 4.09. The van der Waals surface area contributed by atoms with Crippen LogP contribution < -0.4 is 5.46 Å². The normalized spacial score (nSPS) is 14.0. The van der Waals surface area contributed by atoms with Crippen LogP contribution in [0.4, 0.5) is 0 Å². The van der Waals surface area contributed by atoms with Crippen LogP contribution >= 0.6 is 0 Å². The standard InChI is InChI=1S/C19H21B.C3H6/c1-6-8-9-19-16(5)15(4)18(7-2)20(19)17-12-10-14(3)11-13-17;1-3-2/h6-13H,1-2H2,3-5H3;3H,1H2,2H3/b9-8-;. The van der Waals surface area contributed by atoms with E-state index in [1.165, 1.54) is 33.1 Å². The summed E-state index contributed by atoms with van der Waals surface area (Å²) in [4.78, 5) is 0. The van der Waals surface area contributed by atoms with Crippen LogP contribution in [0.5, 0.6) is 0 Å². The van der Waals surface area contributed by atoms with E-state index in [9.17, 15) is 0 Å². The molecule has 0 spiro atoms. The largest absolute Gasteiger partial charge is 0.241 e. The van der Waals surface area contributed by atoms with Crippen molar-refractivity contribution in [1.82, 2.24) is 0 Å². The average Bonchev–Trinajstić information content (AvgIpc) is 2.78. The van der Waals surface area contributed by atoms with E-state index in [1.807, 2.05) is 25.2 Å². The van der Waals surface area contributed by atoms with Gasteiger partial charge in [0.1, 0.15) is 0 Å². The number of rotatable bonds is 4. The summed E-state index contributed by atoms with van der Waals surface area (Å²) in [6.07, 6.45) is 9.76. The summed E-state index contributed by atoms with van der Waals surface area (Å²) in [5.74, 6) is 0. The Labute approximate surface area is 142 Å². The molecule has 1 aliphatic heterocycles. The first-order chi connectivity index (χ1) is 11.0. The Kier molecular flexibility index (Phi) is 7.34. The molecule has 0 amide bonds. The lowest BCUT2D eigenvalue weighted by atomic mass is 9.37. The minimum Gasteiger partial charge on any atom is -0.103 e. The van der Waals surface area contributed by atoms with Crippen LogP contribution in [0.3, 0.4) is 0 Å². The lowest BCUT2D eigenvalue weighted by molar-refractivity contribution is 1.35. The molecule has 0 saturated heterocycles. The van der Waals surface area contributed by atoms with E-state index in [4.69, 9.17) is 0 Å². The van der Waals surface area contributed by atoms with E-state index in [-0.39, 0.29) is 0 Å². The molecule has 1 heterocycles. The molecule has 0 N–H and O–H groups in total. The van der Waals surface area contributed by atoms with E-state index >= 15 is 0 Å². The van der Waals surface area contributed by atoms with Crippen molar-refractivity contribution in [2.45, 2.75) is 27.7 Å². The van der Waals surface area contributed by atoms with Gasteiger partial charge in [0.25, 0.3) is 0 Å². The van der Waals surface area contributed by atoms with E-state index in [1.54, 1.807) is 6.08 Å². The van der Waals surface area contributed by atoms with Gasteiger partial charge in [-0.25, -0.2) is 0 Å². The minimum absolute atomic E-state index is 0.296. The van der Waals surface area contributed by atoms with Crippen molar-refractivity contribution in [3.05, 3.63) is 102 Å². The molecule has 23 heavy (non-hydrogen) atoms. The molecule has 0 aliphatic carbocycles. The van der Waals surface area contributed by atoms with E-state index < -0.39 is 0 Å². The van der Waals surface area contributed by atoms with Crippen molar-refractivity contribution in [3.63, 3.8) is 0 Å². The van der Waals surface area contributed by atoms with Gasteiger partial charge < -0.3 is 0 Å². The highest BCUT2D eigenvalue weighted by Crippen LogP contribution is 2.32. The van der Waals surface area contributed by atoms with Gasteiger partial charge in [-0.2, -0.15) is 0 Å². The highest BCUT2D eigenvalue weighted by atomic mass is 14.1. The van der Waals surface area contributed by atoms with Crippen molar-refractivity contribution in [1.29, 1.82) is 0 Å². The maximum atomic E-state index is 4.01. The third kappa shape index (κ3) is 4.35. The summed E-state index contributed by atoms with van der Waals surface area (Å²) in [5.41, 5.74) is 7.97. The molecule has 0 saturated carbocycles. The predicted molar refractivity (Wildman–Crippen MR) is 107 cm³/mol. The molecule has 0 aromatic heterocycles. The Morgan fingerprint density at radius 2 is 1.39 bits per heavy atom. The van der Waals surface area contributed by atoms with Crippen molar-refractivity contribution >= 4 is 12.2 Å². The van der Waals surface area contributed by atoms with Gasteiger partial charge in [-0.05, 0) is 27.7 Å². The molecule has 1 aromatic carbocycles. The lowest BCUT2D eigenvalue weighted by Crippen LogP contribution is -2.32. The second-order valence-electron chi connectivity index (χ2n) is 5.71. The molecule has 0 atom stereocenters. The minimum atomic E-state index is 0.296. The number of aryl methyl sites for hydroxylation is 1. The van der Waals surface area contributed by atoms with Crippen LogP contribution in [0, 0.1) is 6.92 Å². The summed E-state index contributed by atoms with van der Waals surface area (Å²) >= 11 is 0. The zero-order valence-corrected chi connectivity index (χ0v) is 14.9. The molecule has 1 heteroatoms. The lowest BCUT2D eigenvalue weighted by Gasteiger charge is -2.13. The van der Waals surface area contributed by atoms with Crippen molar-refractivity contribution in [2.75, 3.05) is 0 Å². The molecule has 0 nitrogen and oxygen atoms in total. The number of hydrogen-bond acceptors (Lipinski definition) is 0. The van der Waals surface area contributed by atoms with Gasteiger partial charge in [-0.15, -0.1) is 6.58 Å². The molecule has 118 valence electrons. The van der Waals surface area contributed by atoms with Gasteiger partial charge in [-0.1, -0.05) is 101 Å². The Morgan fingerprint density at radius 1 is 0.870 bits per heavy atom. The average molecular weight is 302 g/mol. The molecule has 0 radical (unpaired) electrons. The number of benzene rings is 1. The van der Waals surface area contributed by atoms with Crippen LogP contribution in [-0.4, -0.2) is 6.71 Å². The van der Waals surface area contributed by atoms with Gasteiger partial charge >= 0.3 is 0 Å². The highest BCUT2D eigenvalue weighted by Gasteiger charge is 2.31. The monoisotopic (exact) mass is 302 g/mol. The fourth-order valence-corrected chi connectivity index (χ4v) is 2.82. The van der Waals surface area contributed by atoms with Crippen LogP contribution in [0.15, 0.2) is 96.5 Å². The number of allylic oxidation sites excluding steroid dienone is 9. The Bertz CT molecular complexity index is 666.